The summed E-state index contributed by atoms with van der Waals surface area (Å²) in [7, 11) is 0. The molecule has 2 nitrogen and oxygen atoms in total. The van der Waals surface area contributed by atoms with Gasteiger partial charge in [0.15, 0.2) is 0 Å². The SMILES string of the molecule is CCCCCC(C)NCC1(C)CCOCC1. The number of unbranched alkanes of at least 4 members (excludes halogenated alkanes) is 2. The number of nitrogens with one attached hydrogen (secondary N) is 1. The summed E-state index contributed by atoms with van der Waals surface area (Å²) in [6.45, 7) is 10.0. The lowest BCUT2D eigenvalue weighted by Crippen LogP contribution is -2.40. The van der Waals surface area contributed by atoms with Gasteiger partial charge in [-0.05, 0) is 31.6 Å². The lowest BCUT2D eigenvalue weighted by Gasteiger charge is -2.34. The van der Waals surface area contributed by atoms with E-state index >= 15 is 0 Å². The minimum atomic E-state index is 0.470. The second-order valence-electron chi connectivity index (χ2n) is 5.70. The molecule has 0 aromatic rings. The minimum absolute atomic E-state index is 0.470. The van der Waals surface area contributed by atoms with Gasteiger partial charge in [-0.2, -0.15) is 0 Å². The van der Waals surface area contributed by atoms with E-state index in [1.54, 1.807) is 0 Å². The summed E-state index contributed by atoms with van der Waals surface area (Å²) >= 11 is 0. The van der Waals surface area contributed by atoms with Gasteiger partial charge in [0.25, 0.3) is 0 Å². The molecule has 16 heavy (non-hydrogen) atoms. The highest BCUT2D eigenvalue weighted by atomic mass is 16.5. The van der Waals surface area contributed by atoms with Gasteiger partial charge in [-0.25, -0.2) is 0 Å². The van der Waals surface area contributed by atoms with E-state index in [-0.39, 0.29) is 0 Å². The fourth-order valence-corrected chi connectivity index (χ4v) is 2.26. The molecule has 0 saturated carbocycles. The van der Waals surface area contributed by atoms with Gasteiger partial charge in [-0.1, -0.05) is 33.1 Å². The van der Waals surface area contributed by atoms with Crippen molar-refractivity contribution in [3.63, 3.8) is 0 Å². The maximum atomic E-state index is 5.42. The monoisotopic (exact) mass is 227 g/mol. The average Bonchev–Trinajstić information content (AvgIpc) is 2.28. The van der Waals surface area contributed by atoms with Crippen LogP contribution < -0.4 is 5.32 Å². The first-order chi connectivity index (χ1) is 7.66. The molecule has 1 rings (SSSR count). The third-order valence-corrected chi connectivity index (χ3v) is 3.82. The van der Waals surface area contributed by atoms with Crippen molar-refractivity contribution < 1.29 is 4.74 Å². The first kappa shape index (κ1) is 14.0. The van der Waals surface area contributed by atoms with Crippen molar-refractivity contribution in [2.24, 2.45) is 5.41 Å². The van der Waals surface area contributed by atoms with Gasteiger partial charge >= 0.3 is 0 Å². The molecule has 0 aromatic carbocycles. The van der Waals surface area contributed by atoms with E-state index in [2.05, 4.69) is 26.1 Å². The van der Waals surface area contributed by atoms with E-state index in [1.165, 1.54) is 38.5 Å². The van der Waals surface area contributed by atoms with Crippen molar-refractivity contribution in [3.8, 4) is 0 Å². The fraction of sp³-hybridized carbons (Fsp3) is 1.00. The van der Waals surface area contributed by atoms with E-state index in [9.17, 15) is 0 Å². The van der Waals surface area contributed by atoms with Crippen LogP contribution in [0.5, 0.6) is 0 Å². The molecular weight excluding hydrogens is 198 g/mol. The maximum absolute atomic E-state index is 5.42. The summed E-state index contributed by atoms with van der Waals surface area (Å²) in [6, 6.07) is 0.672. The number of ether oxygens (including phenoxy) is 1. The molecule has 0 spiro atoms. The van der Waals surface area contributed by atoms with Crippen LogP contribution in [0.15, 0.2) is 0 Å². The van der Waals surface area contributed by atoms with Crippen molar-refractivity contribution in [2.75, 3.05) is 19.8 Å². The van der Waals surface area contributed by atoms with Gasteiger partial charge in [0.1, 0.15) is 0 Å². The zero-order chi connectivity index (χ0) is 11.9. The average molecular weight is 227 g/mol. The molecule has 1 atom stereocenters. The molecule has 1 N–H and O–H groups in total. The van der Waals surface area contributed by atoms with Crippen LogP contribution >= 0.6 is 0 Å². The Morgan fingerprint density at radius 1 is 1.25 bits per heavy atom. The molecule has 0 aliphatic carbocycles. The van der Waals surface area contributed by atoms with Gasteiger partial charge in [-0.15, -0.1) is 0 Å². The molecule has 0 amide bonds. The van der Waals surface area contributed by atoms with Crippen molar-refractivity contribution in [1.82, 2.24) is 5.32 Å². The quantitative estimate of drug-likeness (QED) is 0.673. The lowest BCUT2D eigenvalue weighted by atomic mass is 9.82. The van der Waals surface area contributed by atoms with Crippen LogP contribution in [0, 0.1) is 5.41 Å². The Hall–Kier alpha value is -0.0800. The van der Waals surface area contributed by atoms with Crippen molar-refractivity contribution in [3.05, 3.63) is 0 Å². The zero-order valence-electron chi connectivity index (χ0n) is 11.3. The van der Waals surface area contributed by atoms with Crippen LogP contribution in [-0.2, 0) is 4.74 Å². The largest absolute Gasteiger partial charge is 0.381 e. The molecule has 0 aromatic heterocycles. The van der Waals surface area contributed by atoms with Gasteiger partial charge < -0.3 is 10.1 Å². The van der Waals surface area contributed by atoms with Gasteiger partial charge in [0, 0.05) is 25.8 Å². The molecule has 1 unspecified atom stereocenters. The first-order valence-corrected chi connectivity index (χ1v) is 6.97. The minimum Gasteiger partial charge on any atom is -0.381 e. The normalized spacial score (nSPS) is 21.9. The van der Waals surface area contributed by atoms with E-state index < -0.39 is 0 Å². The third-order valence-electron chi connectivity index (χ3n) is 3.82. The Morgan fingerprint density at radius 3 is 2.56 bits per heavy atom. The van der Waals surface area contributed by atoms with Crippen LogP contribution in [0.4, 0.5) is 0 Å². The fourth-order valence-electron chi connectivity index (χ4n) is 2.26. The molecule has 96 valence electrons. The lowest BCUT2D eigenvalue weighted by molar-refractivity contribution is 0.0230. The van der Waals surface area contributed by atoms with Crippen molar-refractivity contribution in [1.29, 1.82) is 0 Å². The molecule has 2 heteroatoms. The van der Waals surface area contributed by atoms with Crippen LogP contribution in [0.2, 0.25) is 0 Å². The Kier molecular flexibility index (Phi) is 6.37. The summed E-state index contributed by atoms with van der Waals surface area (Å²) in [6.07, 6.45) is 7.80. The predicted molar refractivity (Wildman–Crippen MR) is 69.8 cm³/mol. The maximum Gasteiger partial charge on any atom is 0.0471 e. The Labute approximate surface area is 101 Å². The summed E-state index contributed by atoms with van der Waals surface area (Å²) in [5, 5.41) is 3.70. The van der Waals surface area contributed by atoms with E-state index in [0.29, 0.717) is 11.5 Å². The highest BCUT2D eigenvalue weighted by Gasteiger charge is 2.27. The van der Waals surface area contributed by atoms with E-state index in [4.69, 9.17) is 4.74 Å². The van der Waals surface area contributed by atoms with E-state index in [1.807, 2.05) is 0 Å². The number of rotatable bonds is 7. The van der Waals surface area contributed by atoms with Crippen LogP contribution in [0.25, 0.3) is 0 Å². The second-order valence-corrected chi connectivity index (χ2v) is 5.70. The van der Waals surface area contributed by atoms with E-state index in [0.717, 1.165) is 19.8 Å². The van der Waals surface area contributed by atoms with Gasteiger partial charge in [0.2, 0.25) is 0 Å². The Balaban J connectivity index is 2.12. The molecule has 1 fully saturated rings. The molecule has 0 bridgehead atoms. The highest BCUT2D eigenvalue weighted by Crippen LogP contribution is 2.28. The molecular formula is C14H29NO. The van der Waals surface area contributed by atoms with Crippen LogP contribution in [0.3, 0.4) is 0 Å². The van der Waals surface area contributed by atoms with Crippen molar-refractivity contribution in [2.45, 2.75) is 65.3 Å². The summed E-state index contributed by atoms with van der Waals surface area (Å²) < 4.78 is 5.42. The summed E-state index contributed by atoms with van der Waals surface area (Å²) in [4.78, 5) is 0. The summed E-state index contributed by atoms with van der Waals surface area (Å²) in [5.41, 5.74) is 0.470. The number of hydrogen-bond donors (Lipinski definition) is 1. The predicted octanol–water partition coefficient (Wildman–Crippen LogP) is 3.36. The van der Waals surface area contributed by atoms with Crippen LogP contribution in [-0.4, -0.2) is 25.8 Å². The van der Waals surface area contributed by atoms with Gasteiger partial charge in [-0.3, -0.25) is 0 Å². The molecule has 1 aliphatic rings. The molecule has 1 saturated heterocycles. The standard InChI is InChI=1S/C14H29NO/c1-4-5-6-7-13(2)15-12-14(3)8-10-16-11-9-14/h13,15H,4-12H2,1-3H3. The first-order valence-electron chi connectivity index (χ1n) is 6.97. The van der Waals surface area contributed by atoms with Crippen molar-refractivity contribution >= 4 is 0 Å². The molecule has 1 aliphatic heterocycles. The Morgan fingerprint density at radius 2 is 1.94 bits per heavy atom. The van der Waals surface area contributed by atoms with Gasteiger partial charge in [0.05, 0.1) is 0 Å². The third kappa shape index (κ3) is 5.31. The Bertz CT molecular complexity index is 176. The smallest absolute Gasteiger partial charge is 0.0471 e. The highest BCUT2D eigenvalue weighted by molar-refractivity contribution is 4.80. The molecule has 0 radical (unpaired) electrons. The number of hydrogen-bond acceptors (Lipinski definition) is 2. The van der Waals surface area contributed by atoms with Crippen LogP contribution in [0.1, 0.15) is 59.3 Å². The zero-order valence-corrected chi connectivity index (χ0v) is 11.3. The summed E-state index contributed by atoms with van der Waals surface area (Å²) in [5.74, 6) is 0. The second kappa shape index (κ2) is 7.29. The topological polar surface area (TPSA) is 21.3 Å². The molecule has 1 heterocycles.